The average Bonchev–Trinajstić information content (AvgIpc) is 2.49. The van der Waals surface area contributed by atoms with Crippen LogP contribution in [0.4, 0.5) is 17.2 Å². The lowest BCUT2D eigenvalue weighted by molar-refractivity contribution is -0.385. The molecular formula is C13H10N4O3S. The van der Waals surface area contributed by atoms with Gasteiger partial charge in [0.1, 0.15) is 17.0 Å². The summed E-state index contributed by atoms with van der Waals surface area (Å²) < 4.78 is 0. The van der Waals surface area contributed by atoms with Crippen molar-refractivity contribution in [3.8, 4) is 0 Å². The molecule has 0 fully saturated rings. The summed E-state index contributed by atoms with van der Waals surface area (Å²) in [6.45, 7) is 1.79. The molecule has 0 bridgehead atoms. The molecule has 8 heteroatoms. The van der Waals surface area contributed by atoms with Crippen molar-refractivity contribution >= 4 is 34.9 Å². The van der Waals surface area contributed by atoms with Crippen LogP contribution in [0.1, 0.15) is 6.92 Å². The molecule has 0 saturated heterocycles. The third-order valence-corrected chi connectivity index (χ3v) is 4.11. The largest absolute Gasteiger partial charge is 0.287 e. The van der Waals surface area contributed by atoms with Crippen molar-refractivity contribution in [1.29, 1.82) is 0 Å². The van der Waals surface area contributed by atoms with E-state index in [9.17, 15) is 14.9 Å². The summed E-state index contributed by atoms with van der Waals surface area (Å²) in [6, 6.07) is 6.32. The molecule has 3 heterocycles. The van der Waals surface area contributed by atoms with Crippen molar-refractivity contribution in [1.82, 2.24) is 9.97 Å². The second-order valence-corrected chi connectivity index (χ2v) is 5.72. The number of amides is 1. The molecule has 0 spiro atoms. The Morgan fingerprint density at radius 3 is 2.81 bits per heavy atom. The highest BCUT2D eigenvalue weighted by Crippen LogP contribution is 2.40. The molecule has 1 aliphatic heterocycles. The fourth-order valence-corrected chi connectivity index (χ4v) is 2.96. The van der Waals surface area contributed by atoms with E-state index in [1.165, 1.54) is 28.8 Å². The fourth-order valence-electron chi connectivity index (χ4n) is 2.02. The maximum absolute atomic E-state index is 12.4. The Labute approximate surface area is 124 Å². The number of nitrogens with zero attached hydrogens (tertiary/aromatic N) is 4. The summed E-state index contributed by atoms with van der Waals surface area (Å²) >= 11 is 1.39. The number of hydrogen-bond donors (Lipinski definition) is 0. The second-order valence-electron chi connectivity index (χ2n) is 4.39. The number of carbonyl (C=O) groups is 1. The molecule has 2 aromatic heterocycles. The van der Waals surface area contributed by atoms with Crippen LogP contribution in [-0.2, 0) is 4.79 Å². The maximum Gasteiger partial charge on any atom is 0.287 e. The minimum Gasteiger partial charge on any atom is -0.273 e. The molecule has 0 saturated carbocycles. The average molecular weight is 302 g/mol. The number of pyridine rings is 2. The SMILES string of the molecule is CC1Sc2ncccc2N(c2ccc([N+](=O)[O-])cn2)C1=O. The number of carbonyl (C=O) groups excluding carboxylic acids is 1. The lowest BCUT2D eigenvalue weighted by atomic mass is 10.3. The van der Waals surface area contributed by atoms with Gasteiger partial charge in [0.25, 0.3) is 5.69 Å². The molecule has 0 radical (unpaired) electrons. The monoisotopic (exact) mass is 302 g/mol. The smallest absolute Gasteiger partial charge is 0.273 e. The van der Waals surface area contributed by atoms with Gasteiger partial charge in [-0.25, -0.2) is 9.97 Å². The van der Waals surface area contributed by atoms with E-state index in [-0.39, 0.29) is 16.8 Å². The zero-order chi connectivity index (χ0) is 15.0. The van der Waals surface area contributed by atoms with Crippen LogP contribution in [0.15, 0.2) is 41.7 Å². The standard InChI is InChI=1S/C13H10N4O3S/c1-8-13(18)16(10-3-2-6-14-12(10)21-8)11-5-4-9(7-15-11)17(19)20/h2-8H,1H3. The van der Waals surface area contributed by atoms with Gasteiger partial charge in [0, 0.05) is 12.3 Å². The van der Waals surface area contributed by atoms with Crippen LogP contribution in [0.25, 0.3) is 0 Å². The van der Waals surface area contributed by atoms with Gasteiger partial charge < -0.3 is 0 Å². The molecule has 21 heavy (non-hydrogen) atoms. The van der Waals surface area contributed by atoms with Gasteiger partial charge in [-0.2, -0.15) is 0 Å². The Hall–Kier alpha value is -2.48. The second kappa shape index (κ2) is 5.13. The number of thioether (sulfide) groups is 1. The van der Waals surface area contributed by atoms with Crippen LogP contribution < -0.4 is 4.90 Å². The molecule has 2 aromatic rings. The molecule has 3 rings (SSSR count). The molecule has 0 N–H and O–H groups in total. The summed E-state index contributed by atoms with van der Waals surface area (Å²) in [5.41, 5.74) is 0.531. The van der Waals surface area contributed by atoms with Crippen LogP contribution in [-0.4, -0.2) is 26.0 Å². The first-order chi connectivity index (χ1) is 10.1. The van der Waals surface area contributed by atoms with Gasteiger partial charge in [-0.15, -0.1) is 0 Å². The zero-order valence-corrected chi connectivity index (χ0v) is 11.8. The first-order valence-corrected chi connectivity index (χ1v) is 7.02. The first-order valence-electron chi connectivity index (χ1n) is 6.14. The van der Waals surface area contributed by atoms with Crippen LogP contribution in [0.5, 0.6) is 0 Å². The van der Waals surface area contributed by atoms with E-state index in [0.717, 1.165) is 11.2 Å². The normalized spacial score (nSPS) is 17.5. The van der Waals surface area contributed by atoms with Crippen molar-refractivity contribution in [3.63, 3.8) is 0 Å². The lowest BCUT2D eigenvalue weighted by Gasteiger charge is -2.30. The molecule has 1 amide bonds. The molecule has 1 aliphatic rings. The van der Waals surface area contributed by atoms with Crippen LogP contribution in [0.2, 0.25) is 0 Å². The van der Waals surface area contributed by atoms with E-state index in [2.05, 4.69) is 9.97 Å². The molecular weight excluding hydrogens is 292 g/mol. The van der Waals surface area contributed by atoms with E-state index in [1.54, 1.807) is 25.3 Å². The van der Waals surface area contributed by atoms with Crippen LogP contribution >= 0.6 is 11.8 Å². The quantitative estimate of drug-likeness (QED) is 0.625. The third-order valence-electron chi connectivity index (χ3n) is 3.02. The minimum atomic E-state index is -0.525. The molecule has 106 valence electrons. The van der Waals surface area contributed by atoms with Crippen LogP contribution in [0, 0.1) is 10.1 Å². The van der Waals surface area contributed by atoms with E-state index < -0.39 is 4.92 Å². The van der Waals surface area contributed by atoms with Gasteiger partial charge in [0.05, 0.1) is 15.9 Å². The van der Waals surface area contributed by atoms with Gasteiger partial charge in [-0.3, -0.25) is 19.8 Å². The number of rotatable bonds is 2. The summed E-state index contributed by atoms with van der Waals surface area (Å²) in [7, 11) is 0. The lowest BCUT2D eigenvalue weighted by Crippen LogP contribution is -2.36. The van der Waals surface area contributed by atoms with E-state index in [1.807, 2.05) is 0 Å². The molecule has 1 unspecified atom stereocenters. The van der Waals surface area contributed by atoms with Crippen molar-refractivity contribution in [2.75, 3.05) is 4.90 Å². The van der Waals surface area contributed by atoms with E-state index >= 15 is 0 Å². The third kappa shape index (κ3) is 2.33. The van der Waals surface area contributed by atoms with Crippen LogP contribution in [0.3, 0.4) is 0 Å². The van der Waals surface area contributed by atoms with Crippen molar-refractivity contribution in [2.24, 2.45) is 0 Å². The highest BCUT2D eigenvalue weighted by atomic mass is 32.2. The van der Waals surface area contributed by atoms with Gasteiger partial charge in [0.15, 0.2) is 0 Å². The summed E-state index contributed by atoms with van der Waals surface area (Å²) in [5.74, 6) is 0.230. The number of aromatic nitrogens is 2. The summed E-state index contributed by atoms with van der Waals surface area (Å²) in [4.78, 5) is 32.3. The predicted molar refractivity (Wildman–Crippen MR) is 77.6 cm³/mol. The Morgan fingerprint density at radius 2 is 2.14 bits per heavy atom. The van der Waals surface area contributed by atoms with Crippen molar-refractivity contribution < 1.29 is 9.72 Å². The molecule has 0 aromatic carbocycles. The topological polar surface area (TPSA) is 89.2 Å². The first kappa shape index (κ1) is 13.5. The summed E-state index contributed by atoms with van der Waals surface area (Å²) in [6.07, 6.45) is 2.81. The van der Waals surface area contributed by atoms with Crippen molar-refractivity contribution in [3.05, 3.63) is 46.8 Å². The minimum absolute atomic E-state index is 0.114. The van der Waals surface area contributed by atoms with Crippen molar-refractivity contribution in [2.45, 2.75) is 17.2 Å². The number of hydrogen-bond acceptors (Lipinski definition) is 6. The van der Waals surface area contributed by atoms with Gasteiger partial charge in [-0.1, -0.05) is 11.8 Å². The highest BCUT2D eigenvalue weighted by Gasteiger charge is 2.33. The fraction of sp³-hybridized carbons (Fsp3) is 0.154. The molecule has 7 nitrogen and oxygen atoms in total. The Kier molecular flexibility index (Phi) is 3.30. The summed E-state index contributed by atoms with van der Waals surface area (Å²) in [5, 5.41) is 11.1. The molecule has 1 atom stereocenters. The van der Waals surface area contributed by atoms with Gasteiger partial charge in [-0.05, 0) is 25.1 Å². The van der Waals surface area contributed by atoms with E-state index in [0.29, 0.717) is 11.5 Å². The highest BCUT2D eigenvalue weighted by molar-refractivity contribution is 8.00. The number of nitro groups is 1. The van der Waals surface area contributed by atoms with Gasteiger partial charge >= 0.3 is 0 Å². The Balaban J connectivity index is 2.07. The maximum atomic E-state index is 12.4. The number of fused-ring (bicyclic) bond motifs is 1. The number of anilines is 2. The zero-order valence-electron chi connectivity index (χ0n) is 11.0. The van der Waals surface area contributed by atoms with Gasteiger partial charge in [0.2, 0.25) is 5.91 Å². The Morgan fingerprint density at radius 1 is 1.33 bits per heavy atom. The van der Waals surface area contributed by atoms with E-state index in [4.69, 9.17) is 0 Å². The predicted octanol–water partition coefficient (Wildman–Crippen LogP) is 2.54. The molecule has 0 aliphatic carbocycles. The Bertz CT molecular complexity index is 720.